The van der Waals surface area contributed by atoms with Crippen molar-refractivity contribution in [2.45, 2.75) is 12.4 Å². The van der Waals surface area contributed by atoms with Gasteiger partial charge in [-0.25, -0.2) is 9.97 Å². The van der Waals surface area contributed by atoms with Gasteiger partial charge in [-0.1, -0.05) is 6.07 Å². The molecule has 1 aromatic heterocycles. The molecule has 2 aromatic rings. The van der Waals surface area contributed by atoms with E-state index in [0.717, 1.165) is 18.3 Å². The number of carbonyl (C=O) groups is 1. The summed E-state index contributed by atoms with van der Waals surface area (Å²) in [6.07, 6.45) is -8.71. The van der Waals surface area contributed by atoms with E-state index >= 15 is 0 Å². The maximum absolute atomic E-state index is 12.6. The van der Waals surface area contributed by atoms with Crippen molar-refractivity contribution in [3.8, 4) is 11.1 Å². The van der Waals surface area contributed by atoms with Crippen LogP contribution < -0.4 is 0 Å². The van der Waals surface area contributed by atoms with Crippen LogP contribution in [0, 0.1) is 0 Å². The van der Waals surface area contributed by atoms with Gasteiger partial charge in [0.05, 0.1) is 5.56 Å². The van der Waals surface area contributed by atoms with Crippen molar-refractivity contribution in [2.75, 3.05) is 0 Å². The van der Waals surface area contributed by atoms with Crippen molar-refractivity contribution in [1.82, 2.24) is 9.97 Å². The number of ketones is 1. The van der Waals surface area contributed by atoms with Crippen LogP contribution in [0.1, 0.15) is 27.4 Å². The van der Waals surface area contributed by atoms with Gasteiger partial charge in [0.2, 0.25) is 11.6 Å². The second-order valence-corrected chi connectivity index (χ2v) is 4.54. The maximum Gasteiger partial charge on any atom is 0.451 e. The van der Waals surface area contributed by atoms with Crippen molar-refractivity contribution in [3.63, 3.8) is 0 Å². The Labute approximate surface area is 118 Å². The van der Waals surface area contributed by atoms with Crippen LogP contribution in [0.2, 0.25) is 0 Å². The minimum atomic E-state index is -4.85. The maximum atomic E-state index is 12.6. The van der Waals surface area contributed by atoms with Crippen LogP contribution >= 0.6 is 0 Å². The van der Waals surface area contributed by atoms with Gasteiger partial charge in [-0.15, -0.1) is 0 Å². The Morgan fingerprint density at radius 1 is 0.864 bits per heavy atom. The summed E-state index contributed by atoms with van der Waals surface area (Å²) in [5.41, 5.74) is -1.87. The normalized spacial score (nSPS) is 14.0. The van der Waals surface area contributed by atoms with Crippen LogP contribution in [0.3, 0.4) is 0 Å². The van der Waals surface area contributed by atoms with E-state index in [-0.39, 0.29) is 16.7 Å². The van der Waals surface area contributed by atoms with Crippen LogP contribution in [-0.2, 0) is 12.4 Å². The topological polar surface area (TPSA) is 42.9 Å². The molecule has 0 unspecified atom stereocenters. The average Bonchev–Trinajstić information content (AvgIpc) is 2.70. The molecule has 1 aliphatic carbocycles. The van der Waals surface area contributed by atoms with E-state index < -0.39 is 35.2 Å². The van der Waals surface area contributed by atoms with Crippen molar-refractivity contribution < 1.29 is 31.1 Å². The van der Waals surface area contributed by atoms with Gasteiger partial charge in [-0.05, 0) is 17.7 Å². The smallest absolute Gasteiger partial charge is 0.287 e. The molecule has 0 radical (unpaired) electrons. The fourth-order valence-corrected chi connectivity index (χ4v) is 2.16. The molecule has 3 rings (SSSR count). The first-order valence-corrected chi connectivity index (χ1v) is 5.79. The number of halogens is 6. The number of nitrogens with zero attached hydrogens (tertiary/aromatic N) is 2. The minimum absolute atomic E-state index is 0.0123. The fraction of sp³-hybridized carbons (Fsp3) is 0.154. The third-order valence-corrected chi connectivity index (χ3v) is 3.14. The molecule has 9 heteroatoms. The number of aromatic nitrogens is 2. The van der Waals surface area contributed by atoms with E-state index in [1.165, 1.54) is 0 Å². The zero-order chi connectivity index (χ0) is 16.3. The molecule has 22 heavy (non-hydrogen) atoms. The number of benzene rings is 1. The molecule has 0 saturated carbocycles. The summed E-state index contributed by atoms with van der Waals surface area (Å²) in [4.78, 5) is 18.3. The molecule has 0 spiro atoms. The number of hydrogen-bond acceptors (Lipinski definition) is 3. The largest absolute Gasteiger partial charge is 0.451 e. The second kappa shape index (κ2) is 4.28. The molecular weight excluding hydrogens is 314 g/mol. The van der Waals surface area contributed by atoms with Crippen molar-refractivity contribution >= 4 is 5.78 Å². The van der Waals surface area contributed by atoms with Gasteiger partial charge >= 0.3 is 12.4 Å². The van der Waals surface area contributed by atoms with E-state index in [2.05, 4.69) is 9.97 Å². The summed E-state index contributed by atoms with van der Waals surface area (Å²) in [6.45, 7) is 0. The average molecular weight is 318 g/mol. The van der Waals surface area contributed by atoms with Gasteiger partial charge < -0.3 is 0 Å². The van der Waals surface area contributed by atoms with Gasteiger partial charge in [0.15, 0.2) is 0 Å². The van der Waals surface area contributed by atoms with E-state index in [1.807, 2.05) is 0 Å². The molecule has 0 bridgehead atoms. The molecular formula is C13H4F6N2O. The molecule has 1 heterocycles. The monoisotopic (exact) mass is 318 g/mol. The highest BCUT2D eigenvalue weighted by atomic mass is 19.4. The van der Waals surface area contributed by atoms with Crippen LogP contribution in [0.4, 0.5) is 26.3 Å². The Bertz CT molecular complexity index is 729. The molecule has 1 aromatic carbocycles. The lowest BCUT2D eigenvalue weighted by Crippen LogP contribution is -2.13. The standard InChI is InChI=1S/C13H4F6N2O/c14-12(15,16)5-1-2-6-7(3-5)10(22)9-8(6)4-20-11(21-9)13(17,18)19/h1-4H. The van der Waals surface area contributed by atoms with Crippen LogP contribution in [0.25, 0.3) is 11.1 Å². The third-order valence-electron chi connectivity index (χ3n) is 3.14. The van der Waals surface area contributed by atoms with E-state index in [0.29, 0.717) is 6.07 Å². The third kappa shape index (κ3) is 2.13. The first-order valence-electron chi connectivity index (χ1n) is 5.79. The van der Waals surface area contributed by atoms with Gasteiger partial charge in [0.25, 0.3) is 0 Å². The summed E-state index contributed by atoms with van der Waals surface area (Å²) in [5.74, 6) is -2.49. The Morgan fingerprint density at radius 2 is 1.55 bits per heavy atom. The molecule has 3 nitrogen and oxygen atoms in total. The minimum Gasteiger partial charge on any atom is -0.287 e. The Morgan fingerprint density at radius 3 is 2.14 bits per heavy atom. The summed E-state index contributed by atoms with van der Waals surface area (Å²) in [7, 11) is 0. The van der Waals surface area contributed by atoms with Crippen LogP contribution in [0.5, 0.6) is 0 Å². The van der Waals surface area contributed by atoms with Gasteiger partial charge in [0.1, 0.15) is 5.69 Å². The molecule has 0 saturated heterocycles. The number of carbonyl (C=O) groups excluding carboxylic acids is 1. The predicted octanol–water partition coefficient (Wildman–Crippen LogP) is 3.73. The van der Waals surface area contributed by atoms with E-state index in [1.54, 1.807) is 0 Å². The zero-order valence-corrected chi connectivity index (χ0v) is 10.4. The van der Waals surface area contributed by atoms with Crippen molar-refractivity contribution in [3.05, 3.63) is 47.0 Å². The molecule has 0 atom stereocenters. The van der Waals surface area contributed by atoms with Gasteiger partial charge in [0, 0.05) is 17.3 Å². The first kappa shape index (κ1) is 14.5. The number of alkyl halides is 6. The SMILES string of the molecule is O=C1c2cc(C(F)(F)F)ccc2-c2cnc(C(F)(F)F)nc21. The summed E-state index contributed by atoms with van der Waals surface area (Å²) >= 11 is 0. The van der Waals surface area contributed by atoms with E-state index in [9.17, 15) is 31.1 Å². The zero-order valence-electron chi connectivity index (χ0n) is 10.4. The fourth-order valence-electron chi connectivity index (χ4n) is 2.16. The number of hydrogen-bond donors (Lipinski definition) is 0. The highest BCUT2D eigenvalue weighted by Crippen LogP contribution is 2.40. The highest BCUT2D eigenvalue weighted by Gasteiger charge is 2.39. The Kier molecular flexibility index (Phi) is 2.82. The molecule has 0 amide bonds. The molecule has 1 aliphatic rings. The first-order chi connectivity index (χ1) is 10.1. The lowest BCUT2D eigenvalue weighted by Gasteiger charge is -2.07. The molecule has 0 fully saturated rings. The van der Waals surface area contributed by atoms with Crippen LogP contribution in [-0.4, -0.2) is 15.8 Å². The summed E-state index contributed by atoms with van der Waals surface area (Å²) in [5, 5.41) is 0. The van der Waals surface area contributed by atoms with Crippen molar-refractivity contribution in [2.24, 2.45) is 0 Å². The number of rotatable bonds is 0. The highest BCUT2D eigenvalue weighted by molar-refractivity contribution is 6.20. The molecule has 0 N–H and O–H groups in total. The lowest BCUT2D eigenvalue weighted by atomic mass is 10.0. The van der Waals surface area contributed by atoms with Crippen molar-refractivity contribution in [1.29, 1.82) is 0 Å². The Balaban J connectivity index is 2.16. The second-order valence-electron chi connectivity index (χ2n) is 4.54. The Hall–Kier alpha value is -2.45. The van der Waals surface area contributed by atoms with Gasteiger partial charge in [-0.3, -0.25) is 4.79 Å². The molecule has 0 aliphatic heterocycles. The summed E-state index contributed by atoms with van der Waals surface area (Å²) < 4.78 is 75.6. The number of fused-ring (bicyclic) bond motifs is 3. The lowest BCUT2D eigenvalue weighted by molar-refractivity contribution is -0.145. The van der Waals surface area contributed by atoms with E-state index in [4.69, 9.17) is 0 Å². The predicted molar refractivity (Wildman–Crippen MR) is 60.9 cm³/mol. The van der Waals surface area contributed by atoms with Crippen LogP contribution in [0.15, 0.2) is 24.4 Å². The quantitative estimate of drug-likeness (QED) is 0.593. The van der Waals surface area contributed by atoms with Gasteiger partial charge in [-0.2, -0.15) is 26.3 Å². The molecule has 114 valence electrons. The summed E-state index contributed by atoms with van der Waals surface area (Å²) in [6, 6.07) is 2.38.